The van der Waals surface area contributed by atoms with Crippen LogP contribution in [0.3, 0.4) is 0 Å². The van der Waals surface area contributed by atoms with Crippen LogP contribution in [0.25, 0.3) is 11.3 Å². The predicted octanol–water partition coefficient (Wildman–Crippen LogP) is 3.98. The van der Waals surface area contributed by atoms with Gasteiger partial charge in [0.1, 0.15) is 17.5 Å². The molecular weight excluding hydrogens is 404 g/mol. The highest BCUT2D eigenvalue weighted by Crippen LogP contribution is 2.20. The SMILES string of the molecule is CCOCCCN/C(=N/C(=O)c1cccc(F)c1)Nc1cc(-c2ccc(F)cc2)n[nH]1. The third-order valence-corrected chi connectivity index (χ3v) is 4.22. The zero-order valence-corrected chi connectivity index (χ0v) is 17.0. The first-order valence-corrected chi connectivity index (χ1v) is 9.83. The quantitative estimate of drug-likeness (QED) is 0.287. The minimum absolute atomic E-state index is 0.132. The van der Waals surface area contributed by atoms with E-state index in [0.29, 0.717) is 37.7 Å². The van der Waals surface area contributed by atoms with Crippen molar-refractivity contribution in [2.45, 2.75) is 13.3 Å². The number of nitrogens with zero attached hydrogens (tertiary/aromatic N) is 2. The number of amides is 1. The third kappa shape index (κ3) is 6.71. The molecule has 0 bridgehead atoms. The van der Waals surface area contributed by atoms with Gasteiger partial charge in [0.05, 0.1) is 5.69 Å². The average Bonchev–Trinajstić information content (AvgIpc) is 3.22. The summed E-state index contributed by atoms with van der Waals surface area (Å²) in [6.07, 6.45) is 0.701. The first kappa shape index (κ1) is 22.1. The second-order valence-corrected chi connectivity index (χ2v) is 6.55. The fourth-order valence-electron chi connectivity index (χ4n) is 2.71. The van der Waals surface area contributed by atoms with E-state index in [1.807, 2.05) is 6.92 Å². The normalized spacial score (nSPS) is 11.4. The van der Waals surface area contributed by atoms with Crippen molar-refractivity contribution in [1.82, 2.24) is 15.5 Å². The molecule has 0 saturated carbocycles. The molecular formula is C22H23F2N5O2. The van der Waals surface area contributed by atoms with E-state index in [1.54, 1.807) is 18.2 Å². The molecule has 0 fully saturated rings. The van der Waals surface area contributed by atoms with E-state index < -0.39 is 11.7 Å². The number of halogens is 2. The average molecular weight is 427 g/mol. The van der Waals surface area contributed by atoms with Crippen molar-refractivity contribution in [3.63, 3.8) is 0 Å². The van der Waals surface area contributed by atoms with Crippen molar-refractivity contribution in [2.75, 3.05) is 25.1 Å². The Morgan fingerprint density at radius 2 is 1.94 bits per heavy atom. The summed E-state index contributed by atoms with van der Waals surface area (Å²) in [7, 11) is 0. The van der Waals surface area contributed by atoms with Gasteiger partial charge in [-0.25, -0.2) is 8.78 Å². The topological polar surface area (TPSA) is 91.4 Å². The Bertz CT molecular complexity index is 1030. The van der Waals surface area contributed by atoms with Crippen LogP contribution in [-0.4, -0.2) is 41.8 Å². The van der Waals surface area contributed by atoms with Crippen molar-refractivity contribution < 1.29 is 18.3 Å². The number of hydrogen-bond acceptors (Lipinski definition) is 3. The number of carbonyl (C=O) groups is 1. The summed E-state index contributed by atoms with van der Waals surface area (Å²) in [4.78, 5) is 16.5. The molecule has 1 heterocycles. The highest BCUT2D eigenvalue weighted by molar-refractivity contribution is 6.06. The van der Waals surface area contributed by atoms with Crippen molar-refractivity contribution >= 4 is 17.7 Å². The van der Waals surface area contributed by atoms with Crippen molar-refractivity contribution in [1.29, 1.82) is 0 Å². The Morgan fingerprint density at radius 1 is 1.13 bits per heavy atom. The summed E-state index contributed by atoms with van der Waals surface area (Å²) in [5, 5.41) is 13.0. The minimum Gasteiger partial charge on any atom is -0.382 e. The molecule has 3 N–H and O–H groups in total. The van der Waals surface area contributed by atoms with Crippen molar-refractivity contribution in [3.05, 3.63) is 71.8 Å². The van der Waals surface area contributed by atoms with E-state index in [4.69, 9.17) is 4.74 Å². The molecule has 3 aromatic rings. The number of rotatable bonds is 8. The highest BCUT2D eigenvalue weighted by Gasteiger charge is 2.10. The van der Waals surface area contributed by atoms with E-state index in [2.05, 4.69) is 25.8 Å². The molecule has 0 spiro atoms. The fraction of sp³-hybridized carbons (Fsp3) is 0.227. The van der Waals surface area contributed by atoms with Crippen molar-refractivity contribution in [3.8, 4) is 11.3 Å². The van der Waals surface area contributed by atoms with E-state index in [9.17, 15) is 13.6 Å². The van der Waals surface area contributed by atoms with Gasteiger partial charge in [-0.2, -0.15) is 10.1 Å². The van der Waals surface area contributed by atoms with Gasteiger partial charge in [0, 0.05) is 37.0 Å². The number of carbonyl (C=O) groups excluding carboxylic acids is 1. The molecule has 0 aliphatic heterocycles. The van der Waals surface area contributed by atoms with Gasteiger partial charge in [0.15, 0.2) is 0 Å². The summed E-state index contributed by atoms with van der Waals surface area (Å²) in [6, 6.07) is 13.0. The Balaban J connectivity index is 1.74. The number of nitrogens with one attached hydrogen (secondary N) is 3. The van der Waals surface area contributed by atoms with Crippen LogP contribution in [0.15, 0.2) is 59.6 Å². The molecule has 3 rings (SSSR count). The number of benzene rings is 2. The van der Waals surface area contributed by atoms with E-state index >= 15 is 0 Å². The number of ether oxygens (including phenoxy) is 1. The van der Waals surface area contributed by atoms with Crippen LogP contribution in [0.1, 0.15) is 23.7 Å². The van der Waals surface area contributed by atoms with Gasteiger partial charge in [-0.3, -0.25) is 9.89 Å². The Labute approximate surface area is 178 Å². The molecule has 9 heteroatoms. The molecule has 1 amide bonds. The summed E-state index contributed by atoms with van der Waals surface area (Å²) in [5.74, 6) is -0.794. The number of guanidine groups is 1. The summed E-state index contributed by atoms with van der Waals surface area (Å²) in [5.41, 5.74) is 1.45. The van der Waals surface area contributed by atoms with E-state index in [0.717, 1.165) is 11.6 Å². The molecule has 0 aliphatic carbocycles. The predicted molar refractivity (Wildman–Crippen MR) is 115 cm³/mol. The standard InChI is InChI=1S/C22H23F2N5O2/c1-2-31-12-4-11-25-22(27-21(30)16-5-3-6-18(24)13-16)26-20-14-19(28-29-20)15-7-9-17(23)10-8-15/h3,5-10,13-14H,2,4,11-12H2,1H3,(H3,25,26,27,28,29,30). The molecule has 0 radical (unpaired) electrons. The first-order chi connectivity index (χ1) is 15.0. The first-order valence-electron chi connectivity index (χ1n) is 9.83. The fourth-order valence-corrected chi connectivity index (χ4v) is 2.71. The molecule has 31 heavy (non-hydrogen) atoms. The monoisotopic (exact) mass is 427 g/mol. The number of anilines is 1. The zero-order chi connectivity index (χ0) is 22.1. The van der Waals surface area contributed by atoms with Crippen LogP contribution >= 0.6 is 0 Å². The summed E-state index contributed by atoms with van der Waals surface area (Å²) in [6.45, 7) is 3.60. The van der Waals surface area contributed by atoms with Gasteiger partial charge in [0.25, 0.3) is 5.91 Å². The van der Waals surface area contributed by atoms with Gasteiger partial charge >= 0.3 is 0 Å². The van der Waals surface area contributed by atoms with Gasteiger partial charge in [-0.1, -0.05) is 6.07 Å². The minimum atomic E-state index is -0.599. The molecule has 162 valence electrons. The zero-order valence-electron chi connectivity index (χ0n) is 17.0. The Kier molecular flexibility index (Phi) is 7.83. The number of hydrogen-bond donors (Lipinski definition) is 3. The van der Waals surface area contributed by atoms with Crippen molar-refractivity contribution in [2.24, 2.45) is 4.99 Å². The lowest BCUT2D eigenvalue weighted by atomic mass is 10.1. The van der Waals surface area contributed by atoms with Gasteiger partial charge < -0.3 is 15.4 Å². The maximum atomic E-state index is 13.4. The molecule has 1 aromatic heterocycles. The molecule has 0 atom stereocenters. The lowest BCUT2D eigenvalue weighted by Crippen LogP contribution is -2.33. The molecule has 7 nitrogen and oxygen atoms in total. The van der Waals surface area contributed by atoms with Crippen LogP contribution in [0.5, 0.6) is 0 Å². The summed E-state index contributed by atoms with van der Waals surface area (Å²) >= 11 is 0. The maximum Gasteiger partial charge on any atom is 0.280 e. The maximum absolute atomic E-state index is 13.4. The number of H-pyrrole nitrogens is 1. The van der Waals surface area contributed by atoms with Gasteiger partial charge in [-0.15, -0.1) is 0 Å². The molecule has 2 aromatic carbocycles. The second kappa shape index (κ2) is 11.0. The summed E-state index contributed by atoms with van der Waals surface area (Å²) < 4.78 is 31.9. The number of aliphatic imine (C=N–C) groups is 1. The lowest BCUT2D eigenvalue weighted by molar-refractivity contribution is 0.100. The van der Waals surface area contributed by atoms with Gasteiger partial charge in [0.2, 0.25) is 5.96 Å². The van der Waals surface area contributed by atoms with Crippen LogP contribution in [0.4, 0.5) is 14.6 Å². The number of aromatic nitrogens is 2. The highest BCUT2D eigenvalue weighted by atomic mass is 19.1. The second-order valence-electron chi connectivity index (χ2n) is 6.55. The smallest absolute Gasteiger partial charge is 0.280 e. The van der Waals surface area contributed by atoms with E-state index in [1.165, 1.54) is 30.3 Å². The molecule has 0 unspecified atom stereocenters. The van der Waals surface area contributed by atoms with Crippen LogP contribution in [0, 0.1) is 11.6 Å². The van der Waals surface area contributed by atoms with Gasteiger partial charge in [-0.05, 0) is 55.8 Å². The van der Waals surface area contributed by atoms with Crippen LogP contribution < -0.4 is 10.6 Å². The van der Waals surface area contributed by atoms with Crippen LogP contribution in [-0.2, 0) is 4.74 Å². The number of aromatic amines is 1. The largest absolute Gasteiger partial charge is 0.382 e. The third-order valence-electron chi connectivity index (χ3n) is 4.22. The lowest BCUT2D eigenvalue weighted by Gasteiger charge is -2.11. The van der Waals surface area contributed by atoms with E-state index in [-0.39, 0.29) is 17.3 Å². The molecule has 0 saturated heterocycles. The Hall–Kier alpha value is -3.59. The van der Waals surface area contributed by atoms with Crippen LogP contribution in [0.2, 0.25) is 0 Å². The molecule has 0 aliphatic rings. The Morgan fingerprint density at radius 3 is 2.68 bits per heavy atom.